The van der Waals surface area contributed by atoms with Crippen LogP contribution in [0.25, 0.3) is 0 Å². The van der Waals surface area contributed by atoms with Crippen LogP contribution < -0.4 is 0 Å². The maximum atomic E-state index is 13.5. The fourth-order valence-corrected chi connectivity index (χ4v) is 3.09. The number of rotatable bonds is 4. The van der Waals surface area contributed by atoms with Gasteiger partial charge >= 0.3 is 0 Å². The molecule has 0 saturated heterocycles. The molecule has 1 aliphatic rings. The van der Waals surface area contributed by atoms with Crippen LogP contribution in [0.15, 0.2) is 64.8 Å². The van der Waals surface area contributed by atoms with Crippen molar-refractivity contribution in [3.8, 4) is 0 Å². The molecule has 0 saturated carbocycles. The number of aliphatic hydroxyl groups excluding tert-OH is 1. The van der Waals surface area contributed by atoms with Gasteiger partial charge in [-0.1, -0.05) is 30.0 Å². The molecule has 5 heteroatoms. The second-order valence-corrected chi connectivity index (χ2v) is 5.51. The first-order valence-electron chi connectivity index (χ1n) is 6.40. The number of halogens is 1. The van der Waals surface area contributed by atoms with Crippen LogP contribution in [-0.2, 0) is 16.1 Å². The van der Waals surface area contributed by atoms with Crippen LogP contribution in [0.4, 0.5) is 4.39 Å². The molecule has 0 atom stereocenters. The zero-order valence-corrected chi connectivity index (χ0v) is 11.8. The van der Waals surface area contributed by atoms with Crippen molar-refractivity contribution in [2.75, 3.05) is 0 Å². The predicted molar refractivity (Wildman–Crippen MR) is 76.9 cm³/mol. The summed E-state index contributed by atoms with van der Waals surface area (Å²) in [4.78, 5) is 1.74. The zero-order valence-electron chi connectivity index (χ0n) is 11.0. The zero-order chi connectivity index (χ0) is 14.7. The van der Waals surface area contributed by atoms with Crippen LogP contribution in [-0.4, -0.2) is 5.11 Å². The Morgan fingerprint density at radius 3 is 2.57 bits per heavy atom. The molecule has 3 nitrogen and oxygen atoms in total. The van der Waals surface area contributed by atoms with Gasteiger partial charge in [-0.3, -0.25) is 0 Å². The van der Waals surface area contributed by atoms with Gasteiger partial charge in [0.2, 0.25) is 0 Å². The second kappa shape index (κ2) is 6.20. The number of hydrogen-bond donors (Lipinski definition) is 1. The summed E-state index contributed by atoms with van der Waals surface area (Å²) in [5, 5.41) is 9.39. The first kappa shape index (κ1) is 14.0. The Kier molecular flexibility index (Phi) is 4.13. The third-order valence-corrected chi connectivity index (χ3v) is 4.26. The molecule has 21 heavy (non-hydrogen) atoms. The van der Waals surface area contributed by atoms with Crippen molar-refractivity contribution in [2.24, 2.45) is 0 Å². The van der Waals surface area contributed by atoms with Crippen LogP contribution in [0.3, 0.4) is 0 Å². The largest absolute Gasteiger partial charge is 0.455 e. The summed E-state index contributed by atoms with van der Waals surface area (Å²) in [7, 11) is 0. The smallest absolute Gasteiger partial charge is 0.267 e. The first-order valence-corrected chi connectivity index (χ1v) is 7.21. The van der Waals surface area contributed by atoms with Crippen molar-refractivity contribution in [3.05, 3.63) is 71.9 Å². The number of aliphatic hydroxyl groups is 1. The molecule has 0 spiro atoms. The van der Waals surface area contributed by atoms with Crippen molar-refractivity contribution in [1.29, 1.82) is 0 Å². The van der Waals surface area contributed by atoms with E-state index in [-0.39, 0.29) is 12.4 Å². The summed E-state index contributed by atoms with van der Waals surface area (Å²) in [6.45, 7) is -0.0440. The van der Waals surface area contributed by atoms with Crippen LogP contribution in [0.1, 0.15) is 17.4 Å². The molecule has 108 valence electrons. The maximum Gasteiger partial charge on any atom is 0.267 e. The molecule has 0 aromatic heterocycles. The van der Waals surface area contributed by atoms with Gasteiger partial charge in [0.15, 0.2) is 0 Å². The van der Waals surface area contributed by atoms with E-state index in [9.17, 15) is 9.50 Å². The summed E-state index contributed by atoms with van der Waals surface area (Å²) in [6, 6.07) is 12.0. The Labute approximate surface area is 126 Å². The summed E-state index contributed by atoms with van der Waals surface area (Å²) in [5.74, 6) is -0.344. The molecule has 1 heterocycles. The van der Waals surface area contributed by atoms with Gasteiger partial charge in [0.25, 0.3) is 6.29 Å². The Hall–Kier alpha value is -1.98. The van der Waals surface area contributed by atoms with E-state index >= 15 is 0 Å². The normalized spacial score (nSPS) is 14.0. The third kappa shape index (κ3) is 3.04. The lowest BCUT2D eigenvalue weighted by atomic mass is 10.2. The standard InChI is InChI=1S/C16H13FO3S/c17-12-5-6-15(13(9-12)16-19-7-8-20-16)21-14-4-2-1-3-11(14)10-18/h1-9,16,18H,10H2. The van der Waals surface area contributed by atoms with Gasteiger partial charge in [0, 0.05) is 15.4 Å². The Balaban J connectivity index is 1.94. The van der Waals surface area contributed by atoms with Crippen LogP contribution >= 0.6 is 11.8 Å². The van der Waals surface area contributed by atoms with E-state index in [1.165, 1.54) is 36.4 Å². The van der Waals surface area contributed by atoms with Crippen molar-refractivity contribution < 1.29 is 19.0 Å². The summed E-state index contributed by atoms with van der Waals surface area (Å²) < 4.78 is 24.1. The monoisotopic (exact) mass is 304 g/mol. The van der Waals surface area contributed by atoms with Gasteiger partial charge in [0.05, 0.1) is 6.61 Å². The number of hydrogen-bond acceptors (Lipinski definition) is 4. The lowest BCUT2D eigenvalue weighted by Gasteiger charge is -2.16. The summed E-state index contributed by atoms with van der Waals surface area (Å²) >= 11 is 1.45. The quantitative estimate of drug-likeness (QED) is 0.927. The van der Waals surface area contributed by atoms with E-state index < -0.39 is 6.29 Å². The van der Waals surface area contributed by atoms with Crippen LogP contribution in [0.2, 0.25) is 0 Å². The summed E-state index contributed by atoms with van der Waals surface area (Å²) in [6.07, 6.45) is 2.24. The molecule has 1 N–H and O–H groups in total. The molecule has 0 unspecified atom stereocenters. The number of ether oxygens (including phenoxy) is 2. The minimum absolute atomic E-state index is 0.0440. The molecule has 0 bridgehead atoms. The molecule has 0 fully saturated rings. The van der Waals surface area contributed by atoms with Crippen LogP contribution in [0.5, 0.6) is 0 Å². The SMILES string of the molecule is OCc1ccccc1Sc1ccc(F)cc1C1OC=CO1. The highest BCUT2D eigenvalue weighted by molar-refractivity contribution is 7.99. The van der Waals surface area contributed by atoms with Crippen LogP contribution in [0, 0.1) is 5.82 Å². The predicted octanol–water partition coefficient (Wildman–Crippen LogP) is 3.99. The van der Waals surface area contributed by atoms with Gasteiger partial charge in [-0.05, 0) is 29.8 Å². The highest BCUT2D eigenvalue weighted by Gasteiger charge is 2.21. The Morgan fingerprint density at radius 2 is 1.81 bits per heavy atom. The molecule has 2 aromatic rings. The van der Waals surface area contributed by atoms with Crippen molar-refractivity contribution in [3.63, 3.8) is 0 Å². The molecule has 0 radical (unpaired) electrons. The van der Waals surface area contributed by atoms with Crippen molar-refractivity contribution in [1.82, 2.24) is 0 Å². The van der Waals surface area contributed by atoms with E-state index in [4.69, 9.17) is 9.47 Å². The molecular weight excluding hydrogens is 291 g/mol. The lowest BCUT2D eigenvalue weighted by molar-refractivity contribution is -0.0268. The average molecular weight is 304 g/mol. The van der Waals surface area contributed by atoms with E-state index in [1.54, 1.807) is 6.07 Å². The molecule has 0 amide bonds. The van der Waals surface area contributed by atoms with E-state index in [0.717, 1.165) is 15.4 Å². The molecular formula is C16H13FO3S. The molecule has 1 aliphatic heterocycles. The maximum absolute atomic E-state index is 13.5. The lowest BCUT2D eigenvalue weighted by Crippen LogP contribution is -2.01. The van der Waals surface area contributed by atoms with E-state index in [1.807, 2.05) is 24.3 Å². The Bertz CT molecular complexity index is 664. The molecule has 2 aromatic carbocycles. The third-order valence-electron chi connectivity index (χ3n) is 3.05. The highest BCUT2D eigenvalue weighted by atomic mass is 32.2. The molecule has 0 aliphatic carbocycles. The fourth-order valence-electron chi connectivity index (χ4n) is 2.03. The molecule has 3 rings (SSSR count). The fraction of sp³-hybridized carbons (Fsp3) is 0.125. The van der Waals surface area contributed by atoms with E-state index in [0.29, 0.717) is 5.56 Å². The van der Waals surface area contributed by atoms with Gasteiger partial charge in [-0.25, -0.2) is 4.39 Å². The average Bonchev–Trinajstić information content (AvgIpc) is 3.04. The summed E-state index contributed by atoms with van der Waals surface area (Å²) in [5.41, 5.74) is 1.45. The van der Waals surface area contributed by atoms with Gasteiger partial charge in [-0.2, -0.15) is 0 Å². The topological polar surface area (TPSA) is 38.7 Å². The van der Waals surface area contributed by atoms with Gasteiger partial charge < -0.3 is 14.6 Å². The highest BCUT2D eigenvalue weighted by Crippen LogP contribution is 2.38. The minimum Gasteiger partial charge on any atom is -0.455 e. The first-order chi connectivity index (χ1) is 10.3. The van der Waals surface area contributed by atoms with Gasteiger partial charge in [-0.15, -0.1) is 0 Å². The minimum atomic E-state index is -0.635. The number of benzene rings is 2. The van der Waals surface area contributed by atoms with Crippen molar-refractivity contribution >= 4 is 11.8 Å². The van der Waals surface area contributed by atoms with E-state index in [2.05, 4.69) is 0 Å². The second-order valence-electron chi connectivity index (χ2n) is 4.43. The van der Waals surface area contributed by atoms with Gasteiger partial charge in [0.1, 0.15) is 18.3 Å². The Morgan fingerprint density at radius 1 is 1.05 bits per heavy atom. The van der Waals surface area contributed by atoms with Crippen molar-refractivity contribution in [2.45, 2.75) is 22.7 Å².